The quantitative estimate of drug-likeness (QED) is 0.347. The van der Waals surface area contributed by atoms with Crippen molar-refractivity contribution in [1.29, 1.82) is 5.26 Å². The van der Waals surface area contributed by atoms with Crippen LogP contribution in [0.3, 0.4) is 0 Å². The molecule has 0 fully saturated rings. The molecule has 0 spiro atoms. The highest BCUT2D eigenvalue weighted by Gasteiger charge is 2.15. The summed E-state index contributed by atoms with van der Waals surface area (Å²) in [5, 5.41) is 12.1. The molecule has 1 rings (SSSR count). The molecule has 118 valence electrons. The molecule has 0 saturated carbocycles. The first-order valence-corrected chi connectivity index (χ1v) is 7.02. The van der Waals surface area contributed by atoms with E-state index in [1.165, 1.54) is 18.0 Å². The summed E-state index contributed by atoms with van der Waals surface area (Å²) in [7, 11) is 0. The van der Waals surface area contributed by atoms with Crippen LogP contribution in [0.1, 0.15) is 17.3 Å². The second kappa shape index (κ2) is 9.00. The molecule has 0 aromatic heterocycles. The number of hydrogen-bond acceptors (Lipinski definition) is 4. The lowest BCUT2D eigenvalue weighted by Crippen LogP contribution is -2.32. The Morgan fingerprint density at radius 1 is 1.22 bits per heavy atom. The minimum Gasteiger partial charge on any atom is -0.360 e. The number of nitrogens with zero attached hydrogens (tertiary/aromatic N) is 2. The van der Waals surface area contributed by atoms with Crippen LogP contribution in [-0.4, -0.2) is 29.7 Å². The number of carbonyl (C=O) groups is 2. The van der Waals surface area contributed by atoms with Crippen LogP contribution in [0, 0.1) is 11.3 Å². The molecule has 0 radical (unpaired) electrons. The predicted molar refractivity (Wildman–Crippen MR) is 90.7 cm³/mol. The molecule has 0 aliphatic carbocycles. The van der Waals surface area contributed by atoms with Crippen LogP contribution in [0.25, 0.3) is 0 Å². The van der Waals surface area contributed by atoms with Crippen molar-refractivity contribution >= 4 is 17.4 Å². The normalized spacial score (nSPS) is 10.3. The van der Waals surface area contributed by atoms with E-state index in [9.17, 15) is 14.9 Å². The average molecular weight is 309 g/mol. The minimum absolute atomic E-state index is 0.0236. The first-order chi connectivity index (χ1) is 11.0. The van der Waals surface area contributed by atoms with Crippen LogP contribution in [0.4, 0.5) is 5.69 Å². The molecule has 5 nitrogen and oxygen atoms in total. The smallest absolute Gasteiger partial charge is 0.266 e. The van der Waals surface area contributed by atoms with Gasteiger partial charge in [-0.2, -0.15) is 5.26 Å². The molecule has 0 unspecified atom stereocenters. The molecular weight excluding hydrogens is 290 g/mol. The monoisotopic (exact) mass is 309 g/mol. The fraction of sp³-hybridized carbons (Fsp3) is 0.167. The van der Waals surface area contributed by atoms with Gasteiger partial charge >= 0.3 is 0 Å². The molecule has 0 bridgehead atoms. The van der Waals surface area contributed by atoms with E-state index in [2.05, 4.69) is 18.5 Å². The van der Waals surface area contributed by atoms with Crippen molar-refractivity contribution in [2.24, 2.45) is 0 Å². The number of anilines is 1. The van der Waals surface area contributed by atoms with Gasteiger partial charge in [0.15, 0.2) is 5.78 Å². The summed E-state index contributed by atoms with van der Waals surface area (Å²) in [6.45, 7) is 9.33. The lowest BCUT2D eigenvalue weighted by molar-refractivity contribution is -0.125. The van der Waals surface area contributed by atoms with Gasteiger partial charge in [-0.3, -0.25) is 9.59 Å². The van der Waals surface area contributed by atoms with Gasteiger partial charge in [-0.1, -0.05) is 12.2 Å². The highest BCUT2D eigenvalue weighted by atomic mass is 16.2. The van der Waals surface area contributed by atoms with Gasteiger partial charge < -0.3 is 10.2 Å². The zero-order chi connectivity index (χ0) is 17.2. The maximum absolute atomic E-state index is 12.3. The first-order valence-electron chi connectivity index (χ1n) is 7.02. The fourth-order valence-corrected chi connectivity index (χ4v) is 1.82. The Morgan fingerprint density at radius 3 is 2.22 bits per heavy atom. The Hall–Kier alpha value is -3.13. The maximum atomic E-state index is 12.3. The molecule has 1 N–H and O–H groups in total. The van der Waals surface area contributed by atoms with E-state index in [0.717, 1.165) is 0 Å². The zero-order valence-electron chi connectivity index (χ0n) is 13.1. The third-order valence-electron chi connectivity index (χ3n) is 3.01. The van der Waals surface area contributed by atoms with E-state index >= 15 is 0 Å². The van der Waals surface area contributed by atoms with Crippen molar-refractivity contribution in [2.45, 2.75) is 6.92 Å². The standard InChI is InChI=1S/C18H19N3O2/c1-4-10-21(11-5-2)18(23)16(12-19)13-20-17-8-6-15(7-9-17)14(3)22/h4-9,13,20H,1-2,10-11H2,3H3/b16-13-. The molecule has 0 saturated heterocycles. The van der Waals surface area contributed by atoms with E-state index in [1.807, 2.05) is 6.07 Å². The Morgan fingerprint density at radius 2 is 1.78 bits per heavy atom. The molecule has 0 aliphatic heterocycles. The highest BCUT2D eigenvalue weighted by molar-refractivity contribution is 5.98. The van der Waals surface area contributed by atoms with Gasteiger partial charge in [0.2, 0.25) is 0 Å². The third-order valence-corrected chi connectivity index (χ3v) is 3.01. The van der Waals surface area contributed by atoms with E-state index in [4.69, 9.17) is 0 Å². The summed E-state index contributed by atoms with van der Waals surface area (Å²) >= 11 is 0. The molecule has 0 heterocycles. The van der Waals surface area contributed by atoms with E-state index in [1.54, 1.807) is 36.4 Å². The minimum atomic E-state index is -0.403. The van der Waals surface area contributed by atoms with E-state index < -0.39 is 5.91 Å². The van der Waals surface area contributed by atoms with Crippen molar-refractivity contribution in [3.63, 3.8) is 0 Å². The van der Waals surface area contributed by atoms with Crippen molar-refractivity contribution in [2.75, 3.05) is 18.4 Å². The largest absolute Gasteiger partial charge is 0.360 e. The summed E-state index contributed by atoms with van der Waals surface area (Å²) in [4.78, 5) is 24.9. The Labute approximate surface area is 136 Å². The van der Waals surface area contributed by atoms with Gasteiger partial charge in [-0.25, -0.2) is 0 Å². The number of nitrogens with one attached hydrogen (secondary N) is 1. The van der Waals surface area contributed by atoms with Crippen LogP contribution in [-0.2, 0) is 4.79 Å². The van der Waals surface area contributed by atoms with Gasteiger partial charge in [0.05, 0.1) is 0 Å². The van der Waals surface area contributed by atoms with E-state index in [-0.39, 0.29) is 11.4 Å². The van der Waals surface area contributed by atoms with Crippen molar-refractivity contribution < 1.29 is 9.59 Å². The summed E-state index contributed by atoms with van der Waals surface area (Å²) in [6, 6.07) is 8.65. The fourth-order valence-electron chi connectivity index (χ4n) is 1.82. The van der Waals surface area contributed by atoms with Gasteiger partial charge in [0.1, 0.15) is 11.6 Å². The van der Waals surface area contributed by atoms with Crippen molar-refractivity contribution in [1.82, 2.24) is 4.90 Å². The van der Waals surface area contributed by atoms with Crippen molar-refractivity contribution in [3.8, 4) is 6.07 Å². The lowest BCUT2D eigenvalue weighted by Gasteiger charge is -2.18. The highest BCUT2D eigenvalue weighted by Crippen LogP contribution is 2.11. The number of hydrogen-bond donors (Lipinski definition) is 1. The molecule has 0 aliphatic rings. The second-order valence-electron chi connectivity index (χ2n) is 4.74. The van der Waals surface area contributed by atoms with Crippen LogP contribution in [0.2, 0.25) is 0 Å². The van der Waals surface area contributed by atoms with Crippen molar-refractivity contribution in [3.05, 3.63) is 66.9 Å². The summed E-state index contributed by atoms with van der Waals surface area (Å²) in [5.41, 5.74) is 1.25. The molecule has 0 atom stereocenters. The second-order valence-corrected chi connectivity index (χ2v) is 4.74. The number of ketones is 1. The maximum Gasteiger partial charge on any atom is 0.266 e. The molecule has 1 aromatic rings. The van der Waals surface area contributed by atoms with Crippen LogP contribution < -0.4 is 5.32 Å². The number of benzene rings is 1. The van der Waals surface area contributed by atoms with Gasteiger partial charge in [-0.05, 0) is 31.2 Å². The van der Waals surface area contributed by atoms with Crippen LogP contribution >= 0.6 is 0 Å². The molecular formula is C18H19N3O2. The lowest BCUT2D eigenvalue weighted by atomic mass is 10.1. The molecule has 23 heavy (non-hydrogen) atoms. The number of Topliss-reactive ketones (excluding diaryl/α,β-unsaturated/α-hetero) is 1. The first kappa shape index (κ1) is 17.9. The number of carbonyl (C=O) groups excluding carboxylic acids is 2. The van der Waals surface area contributed by atoms with Gasteiger partial charge in [0.25, 0.3) is 5.91 Å². The third kappa shape index (κ3) is 5.29. The number of amides is 1. The number of nitriles is 1. The summed E-state index contributed by atoms with van der Waals surface area (Å²) < 4.78 is 0. The zero-order valence-corrected chi connectivity index (χ0v) is 13.1. The Kier molecular flexibility index (Phi) is 7.02. The van der Waals surface area contributed by atoms with Gasteiger partial charge in [-0.15, -0.1) is 13.2 Å². The van der Waals surface area contributed by atoms with E-state index in [0.29, 0.717) is 24.3 Å². The van der Waals surface area contributed by atoms with Crippen LogP contribution in [0.15, 0.2) is 61.3 Å². The Balaban J connectivity index is 2.87. The predicted octanol–water partition coefficient (Wildman–Crippen LogP) is 2.91. The van der Waals surface area contributed by atoms with Crippen LogP contribution in [0.5, 0.6) is 0 Å². The summed E-state index contributed by atoms with van der Waals surface area (Å²) in [5.74, 6) is -0.426. The molecule has 5 heteroatoms. The topological polar surface area (TPSA) is 73.2 Å². The van der Waals surface area contributed by atoms with Gasteiger partial charge in [0, 0.05) is 30.5 Å². The SMILES string of the molecule is C=CCN(CC=C)C(=O)/C(C#N)=C\Nc1ccc(C(C)=O)cc1. The summed E-state index contributed by atoms with van der Waals surface area (Å²) in [6.07, 6.45) is 4.53. The molecule has 1 aromatic carbocycles. The molecule has 1 amide bonds. The number of rotatable bonds is 8. The Bertz CT molecular complexity index is 657. The average Bonchev–Trinajstić information content (AvgIpc) is 2.55.